The Morgan fingerprint density at radius 2 is 2.19 bits per heavy atom. The quantitative estimate of drug-likeness (QED) is 0.824. The molecule has 0 radical (unpaired) electrons. The molecule has 2 rings (SSSR count). The Kier molecular flexibility index (Phi) is 3.25. The van der Waals surface area contributed by atoms with E-state index in [2.05, 4.69) is 17.4 Å². The lowest BCUT2D eigenvalue weighted by atomic mass is 9.86. The normalized spacial score (nSPS) is 23.6. The number of amides is 1. The van der Waals surface area contributed by atoms with Crippen molar-refractivity contribution in [3.05, 3.63) is 35.4 Å². The number of benzene rings is 1. The van der Waals surface area contributed by atoms with E-state index in [-0.39, 0.29) is 18.1 Å². The van der Waals surface area contributed by atoms with Gasteiger partial charge in [-0.1, -0.05) is 24.3 Å². The van der Waals surface area contributed by atoms with E-state index in [9.17, 15) is 4.79 Å². The number of carbonyl (C=O) groups is 1. The van der Waals surface area contributed by atoms with Crippen LogP contribution in [0.2, 0.25) is 0 Å². The predicted octanol–water partition coefficient (Wildman–Crippen LogP) is 1.82. The third kappa shape index (κ3) is 2.09. The highest BCUT2D eigenvalue weighted by atomic mass is 16.5. The molecule has 2 atom stereocenters. The van der Waals surface area contributed by atoms with Crippen LogP contribution in [0.25, 0.3) is 0 Å². The van der Waals surface area contributed by atoms with Gasteiger partial charge in [-0.05, 0) is 24.0 Å². The summed E-state index contributed by atoms with van der Waals surface area (Å²) in [7, 11) is 1.70. The molecule has 1 aliphatic carbocycles. The average Bonchev–Trinajstić information content (AvgIpc) is 2.28. The minimum absolute atomic E-state index is 0.00595. The molecule has 1 aromatic rings. The van der Waals surface area contributed by atoms with Crippen LogP contribution in [0.1, 0.15) is 30.6 Å². The summed E-state index contributed by atoms with van der Waals surface area (Å²) >= 11 is 0. The zero-order valence-electron chi connectivity index (χ0n) is 9.69. The Morgan fingerprint density at radius 1 is 1.44 bits per heavy atom. The van der Waals surface area contributed by atoms with Crippen LogP contribution in [-0.2, 0) is 16.0 Å². The van der Waals surface area contributed by atoms with Crippen molar-refractivity contribution in [2.45, 2.75) is 31.9 Å². The second-order valence-electron chi connectivity index (χ2n) is 4.20. The number of rotatable bonds is 2. The van der Waals surface area contributed by atoms with Crippen molar-refractivity contribution in [2.24, 2.45) is 0 Å². The van der Waals surface area contributed by atoms with Crippen LogP contribution in [0.5, 0.6) is 0 Å². The smallest absolute Gasteiger partial charge is 0.217 e. The molecule has 3 nitrogen and oxygen atoms in total. The molecular formula is C13H17NO2. The first-order valence-electron chi connectivity index (χ1n) is 5.60. The fraction of sp³-hybridized carbons (Fsp3) is 0.462. The molecular weight excluding hydrogens is 202 g/mol. The minimum atomic E-state index is -0.0196. The number of fused-ring (bicyclic) bond motifs is 1. The van der Waals surface area contributed by atoms with E-state index >= 15 is 0 Å². The molecule has 2 unspecified atom stereocenters. The van der Waals surface area contributed by atoms with Gasteiger partial charge in [-0.3, -0.25) is 4.79 Å². The number of ether oxygens (including phenoxy) is 1. The van der Waals surface area contributed by atoms with Crippen molar-refractivity contribution in [2.75, 3.05) is 7.11 Å². The van der Waals surface area contributed by atoms with Crippen molar-refractivity contribution < 1.29 is 9.53 Å². The van der Waals surface area contributed by atoms with Crippen molar-refractivity contribution in [1.29, 1.82) is 0 Å². The van der Waals surface area contributed by atoms with Gasteiger partial charge in [0.1, 0.15) is 6.10 Å². The number of hydrogen-bond donors (Lipinski definition) is 1. The number of aryl methyl sites for hydroxylation is 1. The van der Waals surface area contributed by atoms with Crippen molar-refractivity contribution in [3.8, 4) is 0 Å². The van der Waals surface area contributed by atoms with E-state index < -0.39 is 0 Å². The Morgan fingerprint density at radius 3 is 2.88 bits per heavy atom. The lowest BCUT2D eigenvalue weighted by Gasteiger charge is -2.32. The molecule has 0 bridgehead atoms. The van der Waals surface area contributed by atoms with Gasteiger partial charge in [0, 0.05) is 14.0 Å². The highest BCUT2D eigenvalue weighted by Gasteiger charge is 2.29. The third-order valence-corrected chi connectivity index (χ3v) is 3.09. The Hall–Kier alpha value is -1.35. The maximum atomic E-state index is 11.1. The zero-order valence-corrected chi connectivity index (χ0v) is 9.69. The van der Waals surface area contributed by atoms with Gasteiger partial charge in [-0.25, -0.2) is 0 Å². The summed E-state index contributed by atoms with van der Waals surface area (Å²) in [6.45, 7) is 1.55. The minimum Gasteiger partial charge on any atom is -0.375 e. The van der Waals surface area contributed by atoms with Gasteiger partial charge in [-0.2, -0.15) is 0 Å². The van der Waals surface area contributed by atoms with Crippen LogP contribution < -0.4 is 5.32 Å². The lowest BCUT2D eigenvalue weighted by Crippen LogP contribution is -2.41. The molecule has 1 aromatic carbocycles. The molecule has 0 saturated carbocycles. The summed E-state index contributed by atoms with van der Waals surface area (Å²) < 4.78 is 5.52. The number of nitrogens with one attached hydrogen (secondary N) is 1. The molecule has 86 valence electrons. The van der Waals surface area contributed by atoms with Gasteiger partial charge in [0.25, 0.3) is 0 Å². The maximum absolute atomic E-state index is 11.1. The summed E-state index contributed by atoms with van der Waals surface area (Å²) in [6.07, 6.45) is 1.92. The summed E-state index contributed by atoms with van der Waals surface area (Å²) in [5, 5.41) is 2.96. The molecule has 1 amide bonds. The first-order chi connectivity index (χ1) is 7.72. The molecule has 0 saturated heterocycles. The van der Waals surface area contributed by atoms with Crippen molar-refractivity contribution >= 4 is 5.91 Å². The molecule has 16 heavy (non-hydrogen) atoms. The molecule has 0 fully saturated rings. The van der Waals surface area contributed by atoms with Crippen LogP contribution in [0, 0.1) is 0 Å². The average molecular weight is 219 g/mol. The molecule has 1 N–H and O–H groups in total. The second-order valence-corrected chi connectivity index (χ2v) is 4.20. The fourth-order valence-corrected chi connectivity index (χ4v) is 2.42. The SMILES string of the molecule is COC1c2ccccc2CCC1NC(C)=O. The maximum Gasteiger partial charge on any atom is 0.217 e. The molecule has 1 aliphatic rings. The highest BCUT2D eigenvalue weighted by Crippen LogP contribution is 2.32. The van der Waals surface area contributed by atoms with Crippen molar-refractivity contribution in [1.82, 2.24) is 5.32 Å². The Balaban J connectivity index is 2.26. The molecule has 3 heteroatoms. The van der Waals surface area contributed by atoms with Crippen LogP contribution in [0.3, 0.4) is 0 Å². The van der Waals surface area contributed by atoms with Crippen LogP contribution >= 0.6 is 0 Å². The standard InChI is InChI=1S/C13H17NO2/c1-9(15)14-12-8-7-10-5-3-4-6-11(10)13(12)16-2/h3-6,12-13H,7-8H2,1-2H3,(H,14,15). The number of hydrogen-bond acceptors (Lipinski definition) is 2. The summed E-state index contributed by atoms with van der Waals surface area (Å²) in [4.78, 5) is 11.1. The molecule has 0 heterocycles. The van der Waals surface area contributed by atoms with E-state index in [4.69, 9.17) is 4.74 Å². The Bertz CT molecular complexity index is 389. The van der Waals surface area contributed by atoms with Gasteiger partial charge in [0.05, 0.1) is 6.04 Å². The zero-order chi connectivity index (χ0) is 11.5. The van der Waals surface area contributed by atoms with Crippen LogP contribution in [-0.4, -0.2) is 19.1 Å². The van der Waals surface area contributed by atoms with Gasteiger partial charge in [-0.15, -0.1) is 0 Å². The molecule has 0 aromatic heterocycles. The third-order valence-electron chi connectivity index (χ3n) is 3.09. The highest BCUT2D eigenvalue weighted by molar-refractivity contribution is 5.73. The summed E-state index contributed by atoms with van der Waals surface area (Å²) in [5.74, 6) is 0.00595. The Labute approximate surface area is 95.8 Å². The van der Waals surface area contributed by atoms with Gasteiger partial charge < -0.3 is 10.1 Å². The predicted molar refractivity (Wildman–Crippen MR) is 62.1 cm³/mol. The molecule has 0 aliphatic heterocycles. The van der Waals surface area contributed by atoms with E-state index in [0.717, 1.165) is 12.8 Å². The molecule has 0 spiro atoms. The second kappa shape index (κ2) is 4.66. The van der Waals surface area contributed by atoms with E-state index in [1.165, 1.54) is 11.1 Å². The number of methoxy groups -OCH3 is 1. The lowest BCUT2D eigenvalue weighted by molar-refractivity contribution is -0.120. The van der Waals surface area contributed by atoms with E-state index in [1.54, 1.807) is 14.0 Å². The summed E-state index contributed by atoms with van der Waals surface area (Å²) in [6, 6.07) is 8.37. The summed E-state index contributed by atoms with van der Waals surface area (Å²) in [5.41, 5.74) is 2.53. The van der Waals surface area contributed by atoms with Gasteiger partial charge in [0.2, 0.25) is 5.91 Å². The number of carbonyl (C=O) groups excluding carboxylic acids is 1. The van der Waals surface area contributed by atoms with Crippen LogP contribution in [0.15, 0.2) is 24.3 Å². The first kappa shape index (κ1) is 11.1. The topological polar surface area (TPSA) is 38.3 Å². The van der Waals surface area contributed by atoms with Crippen LogP contribution in [0.4, 0.5) is 0 Å². The largest absolute Gasteiger partial charge is 0.375 e. The van der Waals surface area contributed by atoms with Gasteiger partial charge in [0.15, 0.2) is 0 Å². The van der Waals surface area contributed by atoms with Crippen molar-refractivity contribution in [3.63, 3.8) is 0 Å². The van der Waals surface area contributed by atoms with E-state index in [0.29, 0.717) is 0 Å². The first-order valence-corrected chi connectivity index (χ1v) is 5.60. The monoisotopic (exact) mass is 219 g/mol. The van der Waals surface area contributed by atoms with E-state index in [1.807, 2.05) is 12.1 Å². The van der Waals surface area contributed by atoms with Gasteiger partial charge >= 0.3 is 0 Å². The fourth-order valence-electron chi connectivity index (χ4n) is 2.42.